The fourth-order valence-corrected chi connectivity index (χ4v) is 1.86. The van der Waals surface area contributed by atoms with Gasteiger partial charge in [-0.05, 0) is 18.2 Å². The van der Waals surface area contributed by atoms with Gasteiger partial charge in [0.15, 0.2) is 0 Å². The number of hydrogen-bond acceptors (Lipinski definition) is 5. The van der Waals surface area contributed by atoms with Gasteiger partial charge in [0.1, 0.15) is 17.3 Å². The van der Waals surface area contributed by atoms with E-state index in [4.69, 9.17) is 14.2 Å². The first-order valence-corrected chi connectivity index (χ1v) is 5.99. The third-order valence-corrected chi connectivity index (χ3v) is 2.75. The van der Waals surface area contributed by atoms with E-state index in [0.717, 1.165) is 0 Å². The van der Waals surface area contributed by atoms with Gasteiger partial charge in [-0.3, -0.25) is 4.79 Å². The van der Waals surface area contributed by atoms with E-state index in [9.17, 15) is 4.79 Å². The Morgan fingerprint density at radius 2 is 1.95 bits per heavy atom. The van der Waals surface area contributed by atoms with Crippen molar-refractivity contribution in [3.05, 3.63) is 40.3 Å². The van der Waals surface area contributed by atoms with Crippen LogP contribution in [0.1, 0.15) is 5.69 Å². The van der Waals surface area contributed by atoms with Crippen LogP contribution >= 0.6 is 0 Å². The van der Waals surface area contributed by atoms with Gasteiger partial charge in [0.25, 0.3) is 5.56 Å². The molecule has 6 heteroatoms. The van der Waals surface area contributed by atoms with Crippen LogP contribution in [-0.4, -0.2) is 31.3 Å². The van der Waals surface area contributed by atoms with Crippen molar-refractivity contribution in [2.24, 2.45) is 0 Å². The molecule has 1 aromatic heterocycles. The molecule has 1 N–H and O–H groups in total. The van der Waals surface area contributed by atoms with Crippen LogP contribution in [0.3, 0.4) is 0 Å². The first-order chi connectivity index (χ1) is 9.67. The summed E-state index contributed by atoms with van der Waals surface area (Å²) in [6, 6.07) is 6.70. The Hall–Kier alpha value is -2.34. The van der Waals surface area contributed by atoms with Gasteiger partial charge in [0.05, 0.1) is 32.1 Å². The van der Waals surface area contributed by atoms with E-state index in [1.165, 1.54) is 6.07 Å². The summed E-state index contributed by atoms with van der Waals surface area (Å²) in [6.45, 7) is 0.267. The molecule has 0 saturated carbocycles. The van der Waals surface area contributed by atoms with Crippen molar-refractivity contribution in [2.45, 2.75) is 6.61 Å². The molecule has 2 rings (SSSR count). The number of methoxy groups -OCH3 is 3. The van der Waals surface area contributed by atoms with Gasteiger partial charge in [0.2, 0.25) is 0 Å². The number of benzene rings is 1. The van der Waals surface area contributed by atoms with Crippen LogP contribution in [0.25, 0.3) is 11.4 Å². The molecule has 0 saturated heterocycles. The van der Waals surface area contributed by atoms with Crippen LogP contribution in [0.2, 0.25) is 0 Å². The molecule has 0 aliphatic rings. The molecule has 0 amide bonds. The van der Waals surface area contributed by atoms with E-state index in [0.29, 0.717) is 28.6 Å². The van der Waals surface area contributed by atoms with Crippen LogP contribution in [0.15, 0.2) is 29.1 Å². The average molecular weight is 276 g/mol. The maximum absolute atomic E-state index is 11.7. The predicted molar refractivity (Wildman–Crippen MR) is 74.1 cm³/mol. The SMILES string of the molecule is COCc1cc(=O)[nH]c(-c2cc(OC)ccc2OC)n1. The minimum absolute atomic E-state index is 0.244. The van der Waals surface area contributed by atoms with Gasteiger partial charge < -0.3 is 19.2 Å². The second-order valence-corrected chi connectivity index (χ2v) is 4.08. The van der Waals surface area contributed by atoms with Crippen molar-refractivity contribution >= 4 is 0 Å². The maximum Gasteiger partial charge on any atom is 0.251 e. The first kappa shape index (κ1) is 14.1. The second-order valence-electron chi connectivity index (χ2n) is 4.08. The number of ether oxygens (including phenoxy) is 3. The van der Waals surface area contributed by atoms with Crippen molar-refractivity contribution in [1.29, 1.82) is 0 Å². The van der Waals surface area contributed by atoms with Crippen LogP contribution in [-0.2, 0) is 11.3 Å². The maximum atomic E-state index is 11.7. The number of aromatic nitrogens is 2. The third kappa shape index (κ3) is 2.97. The summed E-state index contributed by atoms with van der Waals surface area (Å²) in [4.78, 5) is 18.7. The zero-order valence-electron chi connectivity index (χ0n) is 11.6. The lowest BCUT2D eigenvalue weighted by Crippen LogP contribution is -2.11. The standard InChI is InChI=1S/C14H16N2O4/c1-18-8-9-6-13(17)16-14(15-9)11-7-10(19-2)4-5-12(11)20-3/h4-7H,8H2,1-3H3,(H,15,16,17). The summed E-state index contributed by atoms with van der Waals surface area (Å²) in [7, 11) is 4.68. The molecule has 0 atom stereocenters. The predicted octanol–water partition coefficient (Wildman–Crippen LogP) is 1.60. The van der Waals surface area contributed by atoms with Gasteiger partial charge in [-0.25, -0.2) is 4.98 Å². The molecule has 2 aromatic rings. The van der Waals surface area contributed by atoms with Gasteiger partial charge in [-0.2, -0.15) is 0 Å². The van der Waals surface area contributed by atoms with E-state index in [-0.39, 0.29) is 12.2 Å². The summed E-state index contributed by atoms with van der Waals surface area (Å²) < 4.78 is 15.5. The highest BCUT2D eigenvalue weighted by Crippen LogP contribution is 2.30. The molecule has 0 bridgehead atoms. The van der Waals surface area contributed by atoms with E-state index >= 15 is 0 Å². The molecule has 0 spiro atoms. The summed E-state index contributed by atoms with van der Waals surface area (Å²) in [5.41, 5.74) is 0.963. The minimum atomic E-state index is -0.244. The summed E-state index contributed by atoms with van der Waals surface area (Å²) in [5.74, 6) is 1.67. The van der Waals surface area contributed by atoms with E-state index in [2.05, 4.69) is 9.97 Å². The molecule has 20 heavy (non-hydrogen) atoms. The molecule has 1 heterocycles. The van der Waals surface area contributed by atoms with Crippen LogP contribution in [0.5, 0.6) is 11.5 Å². The van der Waals surface area contributed by atoms with Gasteiger partial charge >= 0.3 is 0 Å². The van der Waals surface area contributed by atoms with Gasteiger partial charge in [-0.15, -0.1) is 0 Å². The largest absolute Gasteiger partial charge is 0.497 e. The number of nitrogens with zero attached hydrogens (tertiary/aromatic N) is 1. The monoisotopic (exact) mass is 276 g/mol. The fourth-order valence-electron chi connectivity index (χ4n) is 1.86. The van der Waals surface area contributed by atoms with Gasteiger partial charge in [-0.1, -0.05) is 0 Å². The average Bonchev–Trinajstić information content (AvgIpc) is 2.46. The Kier molecular flexibility index (Phi) is 4.37. The Labute approximate surface area is 116 Å². The van der Waals surface area contributed by atoms with Gasteiger partial charge in [0, 0.05) is 13.2 Å². The Morgan fingerprint density at radius 3 is 2.60 bits per heavy atom. The number of H-pyrrole nitrogens is 1. The Balaban J connectivity index is 2.57. The zero-order chi connectivity index (χ0) is 14.5. The third-order valence-electron chi connectivity index (χ3n) is 2.75. The van der Waals surface area contributed by atoms with Crippen molar-refractivity contribution in [1.82, 2.24) is 9.97 Å². The molecule has 106 valence electrons. The van der Waals surface area contributed by atoms with Crippen molar-refractivity contribution in [3.8, 4) is 22.9 Å². The van der Waals surface area contributed by atoms with Crippen LogP contribution in [0.4, 0.5) is 0 Å². The lowest BCUT2D eigenvalue weighted by atomic mass is 10.1. The number of rotatable bonds is 5. The number of nitrogens with one attached hydrogen (secondary N) is 1. The molecule has 1 aromatic carbocycles. The highest BCUT2D eigenvalue weighted by molar-refractivity contribution is 5.66. The smallest absolute Gasteiger partial charge is 0.251 e. The molecule has 0 aliphatic carbocycles. The minimum Gasteiger partial charge on any atom is -0.497 e. The molecule has 0 unspecified atom stereocenters. The highest BCUT2D eigenvalue weighted by atomic mass is 16.5. The first-order valence-electron chi connectivity index (χ1n) is 5.99. The van der Waals surface area contributed by atoms with E-state index in [1.807, 2.05) is 0 Å². The topological polar surface area (TPSA) is 73.4 Å². The number of hydrogen-bond donors (Lipinski definition) is 1. The lowest BCUT2D eigenvalue weighted by molar-refractivity contribution is 0.181. The summed E-state index contributed by atoms with van der Waals surface area (Å²) in [5, 5.41) is 0. The van der Waals surface area contributed by atoms with Crippen molar-refractivity contribution < 1.29 is 14.2 Å². The highest BCUT2D eigenvalue weighted by Gasteiger charge is 2.11. The molecular formula is C14H16N2O4. The number of aromatic amines is 1. The van der Waals surface area contributed by atoms with Crippen molar-refractivity contribution in [3.63, 3.8) is 0 Å². The Morgan fingerprint density at radius 1 is 1.15 bits per heavy atom. The van der Waals surface area contributed by atoms with Crippen LogP contribution < -0.4 is 15.0 Å². The zero-order valence-corrected chi connectivity index (χ0v) is 11.6. The van der Waals surface area contributed by atoms with E-state index < -0.39 is 0 Å². The fraction of sp³-hybridized carbons (Fsp3) is 0.286. The molecule has 0 fully saturated rings. The molecule has 0 radical (unpaired) electrons. The molecule has 0 aliphatic heterocycles. The van der Waals surface area contributed by atoms with Crippen molar-refractivity contribution in [2.75, 3.05) is 21.3 Å². The lowest BCUT2D eigenvalue weighted by Gasteiger charge is -2.10. The molecular weight excluding hydrogens is 260 g/mol. The summed E-state index contributed by atoms with van der Waals surface area (Å²) in [6.07, 6.45) is 0. The Bertz CT molecular complexity index is 652. The normalized spacial score (nSPS) is 10.3. The van der Waals surface area contributed by atoms with Crippen LogP contribution in [0, 0.1) is 0 Å². The molecule has 6 nitrogen and oxygen atoms in total. The quantitative estimate of drug-likeness (QED) is 0.898. The van der Waals surface area contributed by atoms with E-state index in [1.54, 1.807) is 39.5 Å². The second kappa shape index (κ2) is 6.21. The summed E-state index contributed by atoms with van der Waals surface area (Å²) >= 11 is 0.